The highest BCUT2D eigenvalue weighted by Gasteiger charge is 2.13. The summed E-state index contributed by atoms with van der Waals surface area (Å²) < 4.78 is 35.0. The minimum absolute atomic E-state index is 0.132. The van der Waals surface area contributed by atoms with Crippen molar-refractivity contribution < 1.29 is 17.6 Å². The van der Waals surface area contributed by atoms with Gasteiger partial charge in [0.25, 0.3) is 5.91 Å². The Morgan fingerprint density at radius 3 is 2.43 bits per heavy atom. The van der Waals surface area contributed by atoms with Crippen LogP contribution in [-0.4, -0.2) is 20.6 Å². The van der Waals surface area contributed by atoms with Crippen LogP contribution in [0.3, 0.4) is 0 Å². The van der Waals surface area contributed by atoms with Gasteiger partial charge in [-0.1, -0.05) is 0 Å². The topological polar surface area (TPSA) is 77.2 Å². The molecule has 14 heavy (non-hydrogen) atoms. The van der Waals surface area contributed by atoms with Crippen LogP contribution in [0.2, 0.25) is 0 Å². The van der Waals surface area contributed by atoms with Crippen LogP contribution in [0.25, 0.3) is 0 Å². The molecule has 0 aliphatic rings. The SMILES string of the molecule is CS(=O)(=O)c1ccc(F)c(C(N)=O)c1. The first-order chi connectivity index (χ1) is 6.32. The van der Waals surface area contributed by atoms with Gasteiger partial charge < -0.3 is 5.73 Å². The normalized spacial score (nSPS) is 11.3. The molecule has 1 rings (SSSR count). The summed E-state index contributed by atoms with van der Waals surface area (Å²) in [6.07, 6.45) is 0.963. The third-order valence-electron chi connectivity index (χ3n) is 1.63. The second-order valence-electron chi connectivity index (χ2n) is 2.78. The zero-order valence-electron chi connectivity index (χ0n) is 7.32. The van der Waals surface area contributed by atoms with Crippen LogP contribution in [0, 0.1) is 5.82 Å². The maximum atomic E-state index is 12.9. The van der Waals surface area contributed by atoms with Gasteiger partial charge in [-0.2, -0.15) is 0 Å². The molecule has 0 aliphatic heterocycles. The van der Waals surface area contributed by atoms with E-state index in [-0.39, 0.29) is 4.90 Å². The van der Waals surface area contributed by atoms with E-state index in [0.29, 0.717) is 0 Å². The van der Waals surface area contributed by atoms with Crippen LogP contribution in [0.4, 0.5) is 4.39 Å². The lowest BCUT2D eigenvalue weighted by Crippen LogP contribution is -2.14. The third kappa shape index (κ3) is 2.08. The van der Waals surface area contributed by atoms with Gasteiger partial charge >= 0.3 is 0 Å². The second-order valence-corrected chi connectivity index (χ2v) is 4.79. The molecule has 0 atom stereocenters. The Morgan fingerprint density at radius 2 is 2.00 bits per heavy atom. The number of halogens is 1. The average molecular weight is 217 g/mol. The van der Waals surface area contributed by atoms with Gasteiger partial charge in [0.2, 0.25) is 0 Å². The standard InChI is InChI=1S/C8H8FNO3S/c1-14(12,13)5-2-3-7(9)6(4-5)8(10)11/h2-4H,1H3,(H2,10,11). The number of amides is 1. The molecule has 4 nitrogen and oxygen atoms in total. The fourth-order valence-corrected chi connectivity index (χ4v) is 1.57. The monoisotopic (exact) mass is 217 g/mol. The lowest BCUT2D eigenvalue weighted by atomic mass is 10.2. The van der Waals surface area contributed by atoms with Crippen LogP contribution in [0.1, 0.15) is 10.4 Å². The average Bonchev–Trinajstić information content (AvgIpc) is 2.02. The van der Waals surface area contributed by atoms with Crippen molar-refractivity contribution in [3.8, 4) is 0 Å². The molecule has 1 aromatic carbocycles. The van der Waals surface area contributed by atoms with Crippen molar-refractivity contribution in [2.24, 2.45) is 5.73 Å². The molecule has 0 fully saturated rings. The van der Waals surface area contributed by atoms with Crippen molar-refractivity contribution >= 4 is 15.7 Å². The molecule has 0 heterocycles. The molecule has 0 saturated carbocycles. The van der Waals surface area contributed by atoms with E-state index in [0.717, 1.165) is 24.5 Å². The van der Waals surface area contributed by atoms with E-state index in [2.05, 4.69) is 0 Å². The van der Waals surface area contributed by atoms with Crippen molar-refractivity contribution in [1.82, 2.24) is 0 Å². The summed E-state index contributed by atoms with van der Waals surface area (Å²) in [5.41, 5.74) is 4.43. The van der Waals surface area contributed by atoms with Gasteiger partial charge in [0.15, 0.2) is 9.84 Å². The number of hydrogen-bond acceptors (Lipinski definition) is 3. The summed E-state index contributed by atoms with van der Waals surface area (Å²) in [6, 6.07) is 2.90. The van der Waals surface area contributed by atoms with E-state index in [9.17, 15) is 17.6 Å². The number of carbonyl (C=O) groups excluding carboxylic acids is 1. The first-order valence-electron chi connectivity index (χ1n) is 3.62. The van der Waals surface area contributed by atoms with Crippen molar-refractivity contribution in [2.45, 2.75) is 4.90 Å². The molecule has 0 unspecified atom stereocenters. The number of hydrogen-bond donors (Lipinski definition) is 1. The Labute approximate surface area is 80.5 Å². The molecule has 0 radical (unpaired) electrons. The van der Waals surface area contributed by atoms with Crippen LogP contribution in [-0.2, 0) is 9.84 Å². The summed E-state index contributed by atoms with van der Waals surface area (Å²) in [5.74, 6) is -1.82. The van der Waals surface area contributed by atoms with Crippen LogP contribution in [0.15, 0.2) is 23.1 Å². The number of rotatable bonds is 2. The molecular weight excluding hydrogens is 209 g/mol. The van der Waals surface area contributed by atoms with Crippen molar-refractivity contribution in [3.63, 3.8) is 0 Å². The molecule has 6 heteroatoms. The molecular formula is C8H8FNO3S. The predicted molar refractivity (Wildman–Crippen MR) is 48.0 cm³/mol. The number of benzene rings is 1. The maximum Gasteiger partial charge on any atom is 0.251 e. The molecule has 0 aromatic heterocycles. The van der Waals surface area contributed by atoms with Crippen LogP contribution < -0.4 is 5.73 Å². The summed E-state index contributed by atoms with van der Waals surface area (Å²) in [7, 11) is -3.45. The van der Waals surface area contributed by atoms with E-state index in [1.54, 1.807) is 0 Å². The molecule has 0 aliphatic carbocycles. The van der Waals surface area contributed by atoms with Gasteiger partial charge in [0.1, 0.15) is 5.82 Å². The largest absolute Gasteiger partial charge is 0.366 e. The summed E-state index contributed by atoms with van der Waals surface area (Å²) in [5, 5.41) is 0. The zero-order chi connectivity index (χ0) is 10.9. The van der Waals surface area contributed by atoms with Gasteiger partial charge in [-0.3, -0.25) is 4.79 Å². The van der Waals surface area contributed by atoms with Gasteiger partial charge in [0.05, 0.1) is 10.5 Å². The molecule has 1 amide bonds. The fourth-order valence-electron chi connectivity index (χ4n) is 0.924. The number of primary amides is 1. The number of sulfone groups is 1. The molecule has 76 valence electrons. The Bertz CT molecular complexity index is 481. The lowest BCUT2D eigenvalue weighted by Gasteiger charge is -2.01. The van der Waals surface area contributed by atoms with Crippen LogP contribution in [0.5, 0.6) is 0 Å². The van der Waals surface area contributed by atoms with E-state index < -0.39 is 27.1 Å². The van der Waals surface area contributed by atoms with E-state index >= 15 is 0 Å². The number of carbonyl (C=O) groups is 1. The van der Waals surface area contributed by atoms with Gasteiger partial charge in [-0.15, -0.1) is 0 Å². The summed E-state index contributed by atoms with van der Waals surface area (Å²) in [6.45, 7) is 0. The Balaban J connectivity index is 3.42. The molecule has 2 N–H and O–H groups in total. The lowest BCUT2D eigenvalue weighted by molar-refractivity contribution is 0.0996. The van der Waals surface area contributed by atoms with E-state index in [4.69, 9.17) is 5.73 Å². The minimum atomic E-state index is -3.45. The first kappa shape index (κ1) is 10.6. The predicted octanol–water partition coefficient (Wildman–Crippen LogP) is 0.328. The molecule has 0 spiro atoms. The summed E-state index contributed by atoms with van der Waals surface area (Å²) in [4.78, 5) is 10.6. The fraction of sp³-hybridized carbons (Fsp3) is 0.125. The van der Waals surface area contributed by atoms with Crippen molar-refractivity contribution in [2.75, 3.05) is 6.26 Å². The summed E-state index contributed by atoms with van der Waals surface area (Å²) >= 11 is 0. The number of nitrogens with two attached hydrogens (primary N) is 1. The van der Waals surface area contributed by atoms with Gasteiger partial charge in [-0.25, -0.2) is 12.8 Å². The highest BCUT2D eigenvalue weighted by atomic mass is 32.2. The molecule has 0 saturated heterocycles. The van der Waals surface area contributed by atoms with Gasteiger partial charge in [0, 0.05) is 6.26 Å². The Morgan fingerprint density at radius 1 is 1.43 bits per heavy atom. The maximum absolute atomic E-state index is 12.9. The third-order valence-corrected chi connectivity index (χ3v) is 2.74. The smallest absolute Gasteiger partial charge is 0.251 e. The quantitative estimate of drug-likeness (QED) is 0.725. The van der Waals surface area contributed by atoms with Crippen molar-refractivity contribution in [3.05, 3.63) is 29.6 Å². The second kappa shape index (κ2) is 3.38. The van der Waals surface area contributed by atoms with Crippen LogP contribution >= 0.6 is 0 Å². The van der Waals surface area contributed by atoms with E-state index in [1.807, 2.05) is 0 Å². The minimum Gasteiger partial charge on any atom is -0.366 e. The highest BCUT2D eigenvalue weighted by Crippen LogP contribution is 2.14. The Hall–Kier alpha value is -1.43. The molecule has 1 aromatic rings. The van der Waals surface area contributed by atoms with Crippen molar-refractivity contribution in [1.29, 1.82) is 0 Å². The van der Waals surface area contributed by atoms with Gasteiger partial charge in [-0.05, 0) is 18.2 Å². The van der Waals surface area contributed by atoms with E-state index in [1.165, 1.54) is 0 Å². The molecule has 0 bridgehead atoms. The Kier molecular flexibility index (Phi) is 2.57. The first-order valence-corrected chi connectivity index (χ1v) is 5.51. The highest BCUT2D eigenvalue weighted by molar-refractivity contribution is 7.90. The zero-order valence-corrected chi connectivity index (χ0v) is 8.14.